The number of rotatable bonds is 2. The molecule has 0 heterocycles. The average Bonchev–Trinajstić information content (AvgIpc) is 2.62. The average molecular weight is 202 g/mol. The van der Waals surface area contributed by atoms with Gasteiger partial charge in [-0.25, -0.2) is 0 Å². The summed E-state index contributed by atoms with van der Waals surface area (Å²) < 4.78 is 5.28. The molecule has 1 atom stereocenters. The van der Waals surface area contributed by atoms with Gasteiger partial charge in [-0.3, -0.25) is 4.79 Å². The minimum atomic E-state index is -0.0160. The Morgan fingerprint density at radius 2 is 2.07 bits per heavy atom. The minimum Gasteiger partial charge on any atom is -0.377 e. The fraction of sp³-hybridized carbons (Fsp3) is 0.308. The van der Waals surface area contributed by atoms with Crippen LogP contribution in [0.15, 0.2) is 35.9 Å². The fourth-order valence-corrected chi connectivity index (χ4v) is 1.89. The summed E-state index contributed by atoms with van der Waals surface area (Å²) in [5.74, 6) is 0.214. The molecule has 0 spiro atoms. The Kier molecular flexibility index (Phi) is 2.97. The van der Waals surface area contributed by atoms with Gasteiger partial charge >= 0.3 is 0 Å². The Morgan fingerprint density at radius 1 is 1.33 bits per heavy atom. The molecular formula is C13H14O2. The second-order valence-electron chi connectivity index (χ2n) is 3.70. The van der Waals surface area contributed by atoms with E-state index in [-0.39, 0.29) is 11.9 Å². The first kappa shape index (κ1) is 10.1. The molecule has 1 saturated carbocycles. The van der Waals surface area contributed by atoms with Gasteiger partial charge in [0.2, 0.25) is 0 Å². The molecule has 0 radical (unpaired) electrons. The van der Waals surface area contributed by atoms with E-state index in [0.717, 1.165) is 17.6 Å². The summed E-state index contributed by atoms with van der Waals surface area (Å²) in [4.78, 5) is 11.6. The predicted octanol–water partition coefficient (Wildman–Crippen LogP) is 2.45. The highest BCUT2D eigenvalue weighted by Gasteiger charge is 2.27. The van der Waals surface area contributed by atoms with E-state index >= 15 is 0 Å². The highest BCUT2D eigenvalue weighted by Crippen LogP contribution is 2.25. The van der Waals surface area contributed by atoms with Crippen molar-refractivity contribution in [2.75, 3.05) is 7.11 Å². The summed E-state index contributed by atoms with van der Waals surface area (Å²) in [6.07, 6.45) is 3.34. The predicted molar refractivity (Wildman–Crippen MR) is 59.5 cm³/mol. The number of ether oxygens (including phenoxy) is 1. The van der Waals surface area contributed by atoms with Gasteiger partial charge in [-0.2, -0.15) is 0 Å². The first-order chi connectivity index (χ1) is 7.31. The van der Waals surface area contributed by atoms with E-state index in [1.54, 1.807) is 7.11 Å². The second kappa shape index (κ2) is 4.41. The molecule has 0 bridgehead atoms. The highest BCUT2D eigenvalue weighted by molar-refractivity contribution is 6.02. The number of carbonyl (C=O) groups is 1. The van der Waals surface area contributed by atoms with Gasteiger partial charge in [-0.05, 0) is 18.1 Å². The van der Waals surface area contributed by atoms with Crippen LogP contribution in [0, 0.1) is 0 Å². The van der Waals surface area contributed by atoms with Crippen LogP contribution >= 0.6 is 0 Å². The summed E-state index contributed by atoms with van der Waals surface area (Å²) in [5, 5.41) is 0. The molecule has 15 heavy (non-hydrogen) atoms. The van der Waals surface area contributed by atoms with Crippen LogP contribution in [-0.4, -0.2) is 19.0 Å². The standard InChI is InChI=1S/C13H14O2/c1-15-13-8-7-12(14)11(13)9-10-5-3-2-4-6-10/h2-6,9,13H,7-8H2,1H3/b11-9-. The van der Waals surface area contributed by atoms with Crippen molar-refractivity contribution < 1.29 is 9.53 Å². The monoisotopic (exact) mass is 202 g/mol. The Morgan fingerprint density at radius 3 is 2.73 bits per heavy atom. The van der Waals surface area contributed by atoms with Crippen molar-refractivity contribution in [3.05, 3.63) is 41.5 Å². The highest BCUT2D eigenvalue weighted by atomic mass is 16.5. The normalized spacial score (nSPS) is 23.7. The quantitative estimate of drug-likeness (QED) is 0.688. The molecule has 1 aliphatic carbocycles. The fourth-order valence-electron chi connectivity index (χ4n) is 1.89. The molecule has 78 valence electrons. The van der Waals surface area contributed by atoms with Crippen LogP contribution in [0.5, 0.6) is 0 Å². The summed E-state index contributed by atoms with van der Waals surface area (Å²) in [5.41, 5.74) is 1.87. The topological polar surface area (TPSA) is 26.3 Å². The number of Topliss-reactive ketones (excluding diaryl/α,β-unsaturated/α-hetero) is 1. The molecule has 2 heteroatoms. The molecule has 2 rings (SSSR count). The van der Waals surface area contributed by atoms with Crippen LogP contribution in [-0.2, 0) is 9.53 Å². The maximum atomic E-state index is 11.6. The van der Waals surface area contributed by atoms with Gasteiger partial charge in [0.15, 0.2) is 5.78 Å². The van der Waals surface area contributed by atoms with Gasteiger partial charge in [-0.1, -0.05) is 30.3 Å². The lowest BCUT2D eigenvalue weighted by atomic mass is 10.1. The van der Waals surface area contributed by atoms with Gasteiger partial charge in [0.1, 0.15) is 0 Å². The number of hydrogen-bond acceptors (Lipinski definition) is 2. The lowest BCUT2D eigenvalue weighted by Gasteiger charge is -2.07. The SMILES string of the molecule is COC1CCC(=O)/C1=C/c1ccccc1. The smallest absolute Gasteiger partial charge is 0.161 e. The summed E-state index contributed by atoms with van der Waals surface area (Å²) >= 11 is 0. The number of carbonyl (C=O) groups excluding carboxylic acids is 1. The van der Waals surface area contributed by atoms with E-state index < -0.39 is 0 Å². The second-order valence-corrected chi connectivity index (χ2v) is 3.70. The zero-order valence-corrected chi connectivity index (χ0v) is 8.77. The maximum absolute atomic E-state index is 11.6. The van der Waals surface area contributed by atoms with Gasteiger partial charge in [0, 0.05) is 19.1 Å². The van der Waals surface area contributed by atoms with Crippen molar-refractivity contribution in [1.82, 2.24) is 0 Å². The summed E-state index contributed by atoms with van der Waals surface area (Å²) in [6.45, 7) is 0. The van der Waals surface area contributed by atoms with Crippen molar-refractivity contribution >= 4 is 11.9 Å². The Labute approximate surface area is 89.6 Å². The third kappa shape index (κ3) is 2.16. The molecule has 1 aromatic carbocycles. The maximum Gasteiger partial charge on any atom is 0.161 e. The van der Waals surface area contributed by atoms with E-state index in [1.165, 1.54) is 0 Å². The van der Waals surface area contributed by atoms with Gasteiger partial charge in [-0.15, -0.1) is 0 Å². The number of ketones is 1. The summed E-state index contributed by atoms with van der Waals surface area (Å²) in [6, 6.07) is 9.88. The molecule has 1 fully saturated rings. The minimum absolute atomic E-state index is 0.0160. The van der Waals surface area contributed by atoms with Crippen LogP contribution in [0.4, 0.5) is 0 Å². The van der Waals surface area contributed by atoms with Crippen molar-refractivity contribution in [1.29, 1.82) is 0 Å². The van der Waals surface area contributed by atoms with Gasteiger partial charge < -0.3 is 4.74 Å². The van der Waals surface area contributed by atoms with Crippen molar-refractivity contribution in [3.8, 4) is 0 Å². The van der Waals surface area contributed by atoms with E-state index in [9.17, 15) is 4.79 Å². The van der Waals surface area contributed by atoms with Gasteiger partial charge in [0.05, 0.1) is 6.10 Å². The largest absolute Gasteiger partial charge is 0.377 e. The van der Waals surface area contributed by atoms with Crippen LogP contribution in [0.2, 0.25) is 0 Å². The van der Waals surface area contributed by atoms with Crippen molar-refractivity contribution in [2.45, 2.75) is 18.9 Å². The van der Waals surface area contributed by atoms with E-state index in [2.05, 4.69) is 0 Å². The number of benzene rings is 1. The Balaban J connectivity index is 2.29. The molecule has 0 N–H and O–H groups in total. The molecule has 0 amide bonds. The molecule has 0 aromatic heterocycles. The lowest BCUT2D eigenvalue weighted by Crippen LogP contribution is -2.09. The lowest BCUT2D eigenvalue weighted by molar-refractivity contribution is -0.114. The molecule has 0 saturated heterocycles. The summed E-state index contributed by atoms with van der Waals surface area (Å²) in [7, 11) is 1.65. The Hall–Kier alpha value is -1.41. The number of hydrogen-bond donors (Lipinski definition) is 0. The third-order valence-electron chi connectivity index (χ3n) is 2.71. The zero-order chi connectivity index (χ0) is 10.7. The first-order valence-electron chi connectivity index (χ1n) is 5.14. The molecular weight excluding hydrogens is 188 g/mol. The van der Waals surface area contributed by atoms with Crippen molar-refractivity contribution in [2.24, 2.45) is 0 Å². The van der Waals surface area contributed by atoms with Crippen LogP contribution in [0.3, 0.4) is 0 Å². The van der Waals surface area contributed by atoms with Crippen LogP contribution < -0.4 is 0 Å². The molecule has 1 aromatic rings. The van der Waals surface area contributed by atoms with Crippen LogP contribution in [0.1, 0.15) is 18.4 Å². The molecule has 0 aliphatic heterocycles. The number of methoxy groups -OCH3 is 1. The third-order valence-corrected chi connectivity index (χ3v) is 2.71. The zero-order valence-electron chi connectivity index (χ0n) is 8.77. The van der Waals surface area contributed by atoms with E-state index in [1.807, 2.05) is 36.4 Å². The van der Waals surface area contributed by atoms with E-state index in [0.29, 0.717) is 6.42 Å². The first-order valence-corrected chi connectivity index (χ1v) is 5.14. The van der Waals surface area contributed by atoms with Crippen LogP contribution in [0.25, 0.3) is 6.08 Å². The van der Waals surface area contributed by atoms with E-state index in [4.69, 9.17) is 4.74 Å². The van der Waals surface area contributed by atoms with Gasteiger partial charge in [0.25, 0.3) is 0 Å². The molecule has 2 nitrogen and oxygen atoms in total. The molecule has 1 unspecified atom stereocenters. The Bertz CT molecular complexity index is 379. The van der Waals surface area contributed by atoms with Crippen molar-refractivity contribution in [3.63, 3.8) is 0 Å². The molecule has 1 aliphatic rings.